The van der Waals surface area contributed by atoms with E-state index in [9.17, 15) is 4.79 Å². The van der Waals surface area contributed by atoms with Gasteiger partial charge in [0.05, 0.1) is 24.1 Å². The summed E-state index contributed by atoms with van der Waals surface area (Å²) in [5, 5.41) is 9.06. The number of hydrogen-bond acceptors (Lipinski definition) is 4. The predicted octanol–water partition coefficient (Wildman–Crippen LogP) is 7.09. The Morgan fingerprint density at radius 3 is 2.14 bits per heavy atom. The Morgan fingerprint density at radius 2 is 1.47 bits per heavy atom. The first-order chi connectivity index (χ1) is 17.6. The zero-order valence-corrected chi connectivity index (χ0v) is 20.2. The monoisotopic (exact) mass is 473 g/mol. The minimum absolute atomic E-state index is 0.284. The molecule has 5 aromatic rings. The van der Waals surface area contributed by atoms with Gasteiger partial charge in [0.1, 0.15) is 6.61 Å². The maximum Gasteiger partial charge on any atom is 0.333 e. The first kappa shape index (κ1) is 23.1. The topological polar surface area (TPSA) is 46.8 Å². The summed E-state index contributed by atoms with van der Waals surface area (Å²) in [6, 6.07) is 34.8. The average Bonchev–Trinajstić information content (AvgIpc) is 3.23. The molecule has 0 saturated heterocycles. The Labute approximate surface area is 210 Å². The van der Waals surface area contributed by atoms with E-state index >= 15 is 0 Å². The highest BCUT2D eigenvalue weighted by atomic mass is 16.5. The molecule has 0 saturated carbocycles. The van der Waals surface area contributed by atoms with Gasteiger partial charge in [0.25, 0.3) is 0 Å². The van der Waals surface area contributed by atoms with Crippen LogP contribution in [0.15, 0.2) is 120 Å². The van der Waals surface area contributed by atoms with E-state index in [4.69, 9.17) is 9.84 Å². The van der Waals surface area contributed by atoms with Gasteiger partial charge in [-0.15, -0.1) is 0 Å². The number of fused-ring (bicyclic) bond motifs is 3. The van der Waals surface area contributed by atoms with Crippen molar-refractivity contribution in [1.29, 1.82) is 0 Å². The van der Waals surface area contributed by atoms with Crippen LogP contribution >= 0.6 is 0 Å². The number of carbonyl (C=O) groups excluding carboxylic acids is 1. The first-order valence-corrected chi connectivity index (χ1v) is 11.9. The van der Waals surface area contributed by atoms with Crippen molar-refractivity contribution >= 4 is 45.4 Å². The summed E-state index contributed by atoms with van der Waals surface area (Å²) in [4.78, 5) is 11.8. The highest BCUT2D eigenvalue weighted by molar-refractivity contribution is 6.09. The van der Waals surface area contributed by atoms with E-state index in [1.54, 1.807) is 6.92 Å². The molecule has 0 bridgehead atoms. The molecular weight excluding hydrogens is 446 g/mol. The molecule has 36 heavy (non-hydrogen) atoms. The molecule has 178 valence electrons. The second-order valence-electron chi connectivity index (χ2n) is 8.59. The third-order valence-electron chi connectivity index (χ3n) is 6.02. The Balaban J connectivity index is 1.49. The molecule has 4 aromatic carbocycles. The Kier molecular flexibility index (Phi) is 6.63. The fourth-order valence-corrected chi connectivity index (χ4v) is 4.29. The summed E-state index contributed by atoms with van der Waals surface area (Å²) in [5.41, 5.74) is 5.56. The van der Waals surface area contributed by atoms with Gasteiger partial charge in [-0.05, 0) is 55.0 Å². The largest absolute Gasteiger partial charge is 0.460 e. The summed E-state index contributed by atoms with van der Waals surface area (Å²) in [5.74, 6) is -0.365. The standard InChI is InChI=1S/C31H27N3O2/c1-23(2)31(35)36-20-19-33-29-16-10-9-15-27(29)28-21-24(17-18-30(28)33)22-32-34(25-11-5-3-6-12-25)26-13-7-4-8-14-26/h3-18,21-22H,1,19-20H2,2H3/b32-22+. The molecule has 0 atom stereocenters. The summed E-state index contributed by atoms with van der Waals surface area (Å²) in [6.07, 6.45) is 1.89. The number of para-hydroxylation sites is 3. The maximum absolute atomic E-state index is 11.8. The minimum atomic E-state index is -0.365. The SMILES string of the molecule is C=C(C)C(=O)OCCn1c2ccccc2c2cc(/C=N/N(c3ccccc3)c3ccccc3)ccc21. The summed E-state index contributed by atoms with van der Waals surface area (Å²) < 4.78 is 7.55. The molecule has 0 radical (unpaired) electrons. The highest BCUT2D eigenvalue weighted by Crippen LogP contribution is 2.30. The molecule has 0 unspecified atom stereocenters. The van der Waals surface area contributed by atoms with Crippen LogP contribution in [0.3, 0.4) is 0 Å². The van der Waals surface area contributed by atoms with E-state index in [0.29, 0.717) is 12.1 Å². The van der Waals surface area contributed by atoms with E-state index in [-0.39, 0.29) is 12.6 Å². The highest BCUT2D eigenvalue weighted by Gasteiger charge is 2.12. The van der Waals surface area contributed by atoms with Crippen LogP contribution < -0.4 is 5.01 Å². The van der Waals surface area contributed by atoms with Gasteiger partial charge < -0.3 is 9.30 Å². The first-order valence-electron chi connectivity index (χ1n) is 11.9. The van der Waals surface area contributed by atoms with E-state index in [0.717, 1.165) is 38.7 Å². The van der Waals surface area contributed by atoms with Crippen LogP contribution in [0.4, 0.5) is 11.4 Å². The van der Waals surface area contributed by atoms with Gasteiger partial charge in [-0.3, -0.25) is 0 Å². The molecule has 0 amide bonds. The smallest absolute Gasteiger partial charge is 0.333 e. The lowest BCUT2D eigenvalue weighted by molar-refractivity contribution is -0.139. The number of anilines is 2. The van der Waals surface area contributed by atoms with E-state index in [2.05, 4.69) is 41.5 Å². The number of aromatic nitrogens is 1. The number of ether oxygens (including phenoxy) is 1. The number of rotatable bonds is 8. The molecule has 0 aliphatic rings. The number of hydrogen-bond donors (Lipinski definition) is 0. The van der Waals surface area contributed by atoms with Crippen LogP contribution in [-0.4, -0.2) is 23.4 Å². The van der Waals surface area contributed by atoms with Crippen LogP contribution in [0, 0.1) is 0 Å². The molecule has 0 aliphatic carbocycles. The van der Waals surface area contributed by atoms with Crippen molar-refractivity contribution in [3.63, 3.8) is 0 Å². The van der Waals surface area contributed by atoms with Gasteiger partial charge in [-0.1, -0.05) is 67.2 Å². The van der Waals surface area contributed by atoms with Crippen molar-refractivity contribution in [2.45, 2.75) is 13.5 Å². The quantitative estimate of drug-likeness (QED) is 0.105. The normalized spacial score (nSPS) is 11.2. The second-order valence-corrected chi connectivity index (χ2v) is 8.59. The number of benzene rings is 4. The number of carbonyl (C=O) groups is 1. The van der Waals surface area contributed by atoms with Crippen molar-refractivity contribution in [1.82, 2.24) is 4.57 Å². The lowest BCUT2D eigenvalue weighted by atomic mass is 10.1. The van der Waals surface area contributed by atoms with Gasteiger partial charge in [0.15, 0.2) is 0 Å². The van der Waals surface area contributed by atoms with Crippen molar-refractivity contribution in [3.05, 3.63) is 121 Å². The molecule has 5 rings (SSSR count). The van der Waals surface area contributed by atoms with Crippen LogP contribution in [0.25, 0.3) is 21.8 Å². The van der Waals surface area contributed by atoms with Crippen molar-refractivity contribution in [2.24, 2.45) is 5.10 Å². The summed E-state index contributed by atoms with van der Waals surface area (Å²) >= 11 is 0. The van der Waals surface area contributed by atoms with Gasteiger partial charge >= 0.3 is 5.97 Å². The third-order valence-corrected chi connectivity index (χ3v) is 6.02. The Morgan fingerprint density at radius 1 is 0.861 bits per heavy atom. The predicted molar refractivity (Wildman–Crippen MR) is 148 cm³/mol. The minimum Gasteiger partial charge on any atom is -0.460 e. The fourth-order valence-electron chi connectivity index (χ4n) is 4.29. The molecule has 0 aliphatic heterocycles. The molecule has 0 spiro atoms. The van der Waals surface area contributed by atoms with Crippen LogP contribution in [-0.2, 0) is 16.1 Å². The fraction of sp³-hybridized carbons (Fsp3) is 0.0968. The third kappa shape index (κ3) is 4.77. The van der Waals surface area contributed by atoms with Crippen LogP contribution in [0.1, 0.15) is 12.5 Å². The molecule has 0 fully saturated rings. The summed E-state index contributed by atoms with van der Waals surface area (Å²) in [6.45, 7) is 6.15. The lowest BCUT2D eigenvalue weighted by Crippen LogP contribution is -2.11. The molecule has 5 nitrogen and oxygen atoms in total. The zero-order valence-electron chi connectivity index (χ0n) is 20.2. The number of nitrogens with zero attached hydrogens (tertiary/aromatic N) is 3. The van der Waals surface area contributed by atoms with Crippen molar-refractivity contribution < 1.29 is 9.53 Å². The number of hydrazone groups is 1. The zero-order chi connectivity index (χ0) is 24.9. The number of esters is 1. The Hall–Kier alpha value is -4.64. The molecular formula is C31H27N3O2. The molecule has 5 heteroatoms. The maximum atomic E-state index is 11.8. The molecule has 0 N–H and O–H groups in total. The summed E-state index contributed by atoms with van der Waals surface area (Å²) in [7, 11) is 0. The van der Waals surface area contributed by atoms with Gasteiger partial charge in [0.2, 0.25) is 0 Å². The van der Waals surface area contributed by atoms with E-state index in [1.165, 1.54) is 0 Å². The van der Waals surface area contributed by atoms with Crippen LogP contribution in [0.2, 0.25) is 0 Å². The van der Waals surface area contributed by atoms with Crippen molar-refractivity contribution in [3.8, 4) is 0 Å². The van der Waals surface area contributed by atoms with Crippen molar-refractivity contribution in [2.75, 3.05) is 11.6 Å². The van der Waals surface area contributed by atoms with Gasteiger partial charge in [-0.2, -0.15) is 5.10 Å². The molecule has 1 heterocycles. The van der Waals surface area contributed by atoms with Gasteiger partial charge in [-0.25, -0.2) is 9.80 Å². The van der Waals surface area contributed by atoms with E-state index < -0.39 is 0 Å². The van der Waals surface area contributed by atoms with Crippen LogP contribution in [0.5, 0.6) is 0 Å². The molecule has 1 aromatic heterocycles. The van der Waals surface area contributed by atoms with Gasteiger partial charge in [0, 0.05) is 27.4 Å². The average molecular weight is 474 g/mol. The van der Waals surface area contributed by atoms with E-state index in [1.807, 2.05) is 84.0 Å². The Bertz CT molecular complexity index is 1510. The second kappa shape index (κ2) is 10.3. The lowest BCUT2D eigenvalue weighted by Gasteiger charge is -2.19.